The molecule has 0 aliphatic heterocycles. The summed E-state index contributed by atoms with van der Waals surface area (Å²) < 4.78 is 1.83. The van der Waals surface area contributed by atoms with Crippen LogP contribution in [0.15, 0.2) is 77.8 Å². The first-order chi connectivity index (χ1) is 17.0. The lowest BCUT2D eigenvalue weighted by atomic mass is 10.1. The number of thiazole rings is 1. The number of nitrogens with zero attached hydrogens (tertiary/aromatic N) is 4. The summed E-state index contributed by atoms with van der Waals surface area (Å²) in [7, 11) is 0. The van der Waals surface area contributed by atoms with Crippen LogP contribution in [0.25, 0.3) is 11.3 Å². The molecule has 0 unspecified atom stereocenters. The topological polar surface area (TPSA) is 102 Å². The summed E-state index contributed by atoms with van der Waals surface area (Å²) in [6, 6.07) is 17.2. The van der Waals surface area contributed by atoms with Crippen molar-refractivity contribution in [3.63, 3.8) is 0 Å². The number of nitrogens with one attached hydrogen (secondary N) is 2. The van der Waals surface area contributed by atoms with Crippen molar-refractivity contribution >= 4 is 40.0 Å². The van der Waals surface area contributed by atoms with Crippen molar-refractivity contribution in [2.24, 2.45) is 0 Å². The average molecular weight is 505 g/mol. The molecular weight excluding hydrogens is 480 g/mol. The molecule has 2 N–H and O–H groups in total. The molecule has 0 aliphatic carbocycles. The molecule has 0 spiro atoms. The Morgan fingerprint density at radius 2 is 1.89 bits per heavy atom. The number of amides is 2. The molecule has 0 saturated heterocycles. The minimum atomic E-state index is -0.188. The van der Waals surface area contributed by atoms with Gasteiger partial charge in [-0.1, -0.05) is 66.4 Å². The van der Waals surface area contributed by atoms with Gasteiger partial charge >= 0.3 is 0 Å². The number of hydrogen-bond acceptors (Lipinski definition) is 7. The third kappa shape index (κ3) is 6.23. The maximum Gasteiger partial charge on any atom is 0.251 e. The monoisotopic (exact) mass is 504 g/mol. The molecule has 0 saturated carbocycles. The second kappa shape index (κ2) is 11.6. The lowest BCUT2D eigenvalue weighted by molar-refractivity contribution is -0.113. The molecule has 4 aromatic rings. The van der Waals surface area contributed by atoms with Gasteiger partial charge in [-0.2, -0.15) is 0 Å². The highest BCUT2D eigenvalue weighted by Crippen LogP contribution is 2.25. The number of carbonyl (C=O) groups is 2. The van der Waals surface area contributed by atoms with Crippen LogP contribution in [0.4, 0.5) is 5.13 Å². The smallest absolute Gasteiger partial charge is 0.251 e. The van der Waals surface area contributed by atoms with Crippen molar-refractivity contribution in [3.05, 3.63) is 89.6 Å². The Kier molecular flexibility index (Phi) is 8.07. The molecule has 0 fully saturated rings. The van der Waals surface area contributed by atoms with Gasteiger partial charge in [0.1, 0.15) is 0 Å². The number of benzene rings is 2. The summed E-state index contributed by atoms with van der Waals surface area (Å²) in [6.07, 6.45) is 1.72. The van der Waals surface area contributed by atoms with Crippen LogP contribution < -0.4 is 10.6 Å². The van der Waals surface area contributed by atoms with Crippen molar-refractivity contribution in [2.45, 2.75) is 25.2 Å². The summed E-state index contributed by atoms with van der Waals surface area (Å²) in [5.41, 5.74) is 3.34. The molecule has 0 bridgehead atoms. The van der Waals surface area contributed by atoms with Gasteiger partial charge in [0.05, 0.1) is 18.0 Å². The molecule has 8 nitrogen and oxygen atoms in total. The molecule has 2 aromatic carbocycles. The van der Waals surface area contributed by atoms with E-state index < -0.39 is 0 Å². The maximum absolute atomic E-state index is 12.5. The Balaban J connectivity index is 1.35. The Bertz CT molecular complexity index is 1330. The zero-order valence-corrected chi connectivity index (χ0v) is 20.7. The molecule has 0 radical (unpaired) electrons. The van der Waals surface area contributed by atoms with Crippen LogP contribution in [0.3, 0.4) is 0 Å². The fourth-order valence-corrected chi connectivity index (χ4v) is 4.81. The molecule has 4 rings (SSSR count). The van der Waals surface area contributed by atoms with Gasteiger partial charge in [0.25, 0.3) is 5.91 Å². The van der Waals surface area contributed by atoms with Crippen LogP contribution >= 0.6 is 23.1 Å². The van der Waals surface area contributed by atoms with Crippen LogP contribution in [0, 0.1) is 6.92 Å². The van der Waals surface area contributed by atoms with Crippen molar-refractivity contribution in [3.8, 4) is 11.3 Å². The van der Waals surface area contributed by atoms with E-state index in [4.69, 9.17) is 0 Å². The lowest BCUT2D eigenvalue weighted by Gasteiger charge is -2.09. The number of aromatic nitrogens is 4. The first-order valence-electron chi connectivity index (χ1n) is 10.9. The number of rotatable bonds is 10. The molecule has 10 heteroatoms. The number of allylic oxidation sites excluding steroid dienone is 1. The zero-order chi connectivity index (χ0) is 24.6. The molecule has 0 aliphatic rings. The van der Waals surface area contributed by atoms with E-state index in [1.165, 1.54) is 23.1 Å². The van der Waals surface area contributed by atoms with E-state index in [9.17, 15) is 9.59 Å². The normalized spacial score (nSPS) is 10.7. The summed E-state index contributed by atoms with van der Waals surface area (Å²) in [5.74, 6) is 0.363. The van der Waals surface area contributed by atoms with E-state index in [-0.39, 0.29) is 24.1 Å². The Hall–Kier alpha value is -3.76. The van der Waals surface area contributed by atoms with Crippen molar-refractivity contribution in [1.29, 1.82) is 0 Å². The van der Waals surface area contributed by atoms with E-state index in [1.54, 1.807) is 12.1 Å². The maximum atomic E-state index is 12.5. The fraction of sp³-hybridized carbons (Fsp3) is 0.160. The second-order valence-corrected chi connectivity index (χ2v) is 9.34. The summed E-state index contributed by atoms with van der Waals surface area (Å²) >= 11 is 2.64. The van der Waals surface area contributed by atoms with Crippen LogP contribution in [-0.2, 0) is 17.9 Å². The average Bonchev–Trinajstić information content (AvgIpc) is 3.49. The quantitative estimate of drug-likeness (QED) is 0.243. The Morgan fingerprint density at radius 3 is 2.66 bits per heavy atom. The van der Waals surface area contributed by atoms with E-state index in [0.29, 0.717) is 28.2 Å². The standard InChI is InChI=1S/C25H24N6O2S2/c1-3-13-31-21(14-26-23(33)19-12-8-7-9-17(19)2)29-30-25(31)35-16-22(32)28-24-27-20(15-34-24)18-10-5-4-6-11-18/h3-12,15H,1,13-14,16H2,2H3,(H,26,33)(H,27,28,32). The number of hydrogen-bond donors (Lipinski definition) is 2. The van der Waals surface area contributed by atoms with Crippen LogP contribution in [0.1, 0.15) is 21.7 Å². The number of anilines is 1. The minimum Gasteiger partial charge on any atom is -0.345 e. The van der Waals surface area contributed by atoms with Crippen molar-refractivity contribution in [1.82, 2.24) is 25.1 Å². The van der Waals surface area contributed by atoms with Gasteiger partial charge in [0.2, 0.25) is 5.91 Å². The van der Waals surface area contributed by atoms with Crippen molar-refractivity contribution < 1.29 is 9.59 Å². The molecule has 178 valence electrons. The molecule has 2 heterocycles. The Labute approximate surface area is 211 Å². The largest absolute Gasteiger partial charge is 0.345 e. The second-order valence-electron chi connectivity index (χ2n) is 7.54. The van der Waals surface area contributed by atoms with Crippen LogP contribution in [-0.4, -0.2) is 37.3 Å². The van der Waals surface area contributed by atoms with Crippen LogP contribution in [0.2, 0.25) is 0 Å². The molecule has 0 atom stereocenters. The first kappa shape index (κ1) is 24.4. The van der Waals surface area contributed by atoms with E-state index in [2.05, 4.69) is 32.4 Å². The number of carbonyl (C=O) groups excluding carboxylic acids is 2. The summed E-state index contributed by atoms with van der Waals surface area (Å²) in [4.78, 5) is 29.5. The fourth-order valence-electron chi connectivity index (χ4n) is 3.31. The van der Waals surface area contributed by atoms with Gasteiger partial charge < -0.3 is 15.2 Å². The molecule has 2 amide bonds. The third-order valence-electron chi connectivity index (χ3n) is 5.05. The third-order valence-corrected chi connectivity index (χ3v) is 6.78. The Morgan fingerprint density at radius 1 is 1.11 bits per heavy atom. The molecular formula is C25H24N6O2S2. The molecule has 35 heavy (non-hydrogen) atoms. The minimum absolute atomic E-state index is 0.144. The van der Waals surface area contributed by atoms with Gasteiger partial charge in [-0.05, 0) is 18.6 Å². The van der Waals surface area contributed by atoms with Gasteiger partial charge in [-0.15, -0.1) is 28.1 Å². The summed E-state index contributed by atoms with van der Waals surface area (Å²) in [6.45, 7) is 6.35. The van der Waals surface area contributed by atoms with Gasteiger partial charge in [0.15, 0.2) is 16.1 Å². The lowest BCUT2D eigenvalue weighted by Crippen LogP contribution is -2.25. The SMILES string of the molecule is C=CCn1c(CNC(=O)c2ccccc2C)nnc1SCC(=O)Nc1nc(-c2ccccc2)cs1. The number of thioether (sulfide) groups is 1. The highest BCUT2D eigenvalue weighted by molar-refractivity contribution is 7.99. The molecule has 2 aromatic heterocycles. The summed E-state index contributed by atoms with van der Waals surface area (Å²) in [5, 5.41) is 17.2. The van der Waals surface area contributed by atoms with Crippen molar-refractivity contribution in [2.75, 3.05) is 11.1 Å². The highest BCUT2D eigenvalue weighted by atomic mass is 32.2. The first-order valence-corrected chi connectivity index (χ1v) is 12.7. The predicted octanol–water partition coefficient (Wildman–Crippen LogP) is 4.56. The van der Waals surface area contributed by atoms with Gasteiger partial charge in [-0.25, -0.2) is 4.98 Å². The number of aryl methyl sites for hydroxylation is 1. The predicted molar refractivity (Wildman–Crippen MR) is 139 cm³/mol. The van der Waals surface area contributed by atoms with E-state index >= 15 is 0 Å². The van der Waals surface area contributed by atoms with Gasteiger partial charge in [-0.3, -0.25) is 9.59 Å². The van der Waals surface area contributed by atoms with E-state index in [0.717, 1.165) is 16.8 Å². The van der Waals surface area contributed by atoms with Gasteiger partial charge in [0, 0.05) is 23.1 Å². The van der Waals surface area contributed by atoms with E-state index in [1.807, 2.05) is 65.4 Å². The van der Waals surface area contributed by atoms with Crippen LogP contribution in [0.5, 0.6) is 0 Å². The zero-order valence-electron chi connectivity index (χ0n) is 19.1. The highest BCUT2D eigenvalue weighted by Gasteiger charge is 2.16.